The van der Waals surface area contributed by atoms with Crippen LogP contribution in [-0.4, -0.2) is 27.3 Å². The van der Waals surface area contributed by atoms with Crippen molar-refractivity contribution in [2.45, 2.75) is 19.6 Å². The fourth-order valence-corrected chi connectivity index (χ4v) is 4.08. The minimum Gasteiger partial charge on any atom is -0.489 e. The van der Waals surface area contributed by atoms with Gasteiger partial charge < -0.3 is 14.8 Å². The van der Waals surface area contributed by atoms with Gasteiger partial charge in [-0.2, -0.15) is 10.1 Å². The number of nitrogens with one attached hydrogen (secondary N) is 1. The molecule has 7 nitrogen and oxygen atoms in total. The van der Waals surface area contributed by atoms with E-state index in [0.29, 0.717) is 29.6 Å². The second-order valence-corrected chi connectivity index (χ2v) is 7.74. The molecule has 0 aliphatic carbocycles. The minimum absolute atomic E-state index is 0.257. The van der Waals surface area contributed by atoms with Gasteiger partial charge >= 0.3 is 5.97 Å². The van der Waals surface area contributed by atoms with E-state index in [1.165, 1.54) is 6.33 Å². The molecular formula is C27H24N4O3. The average molecular weight is 453 g/mol. The van der Waals surface area contributed by atoms with Crippen LogP contribution in [0.3, 0.4) is 0 Å². The van der Waals surface area contributed by atoms with Crippen LogP contribution in [0.1, 0.15) is 29.7 Å². The van der Waals surface area contributed by atoms with Gasteiger partial charge in [0.25, 0.3) is 0 Å². The van der Waals surface area contributed by atoms with Gasteiger partial charge in [0.15, 0.2) is 0 Å². The molecule has 0 saturated carbocycles. The summed E-state index contributed by atoms with van der Waals surface area (Å²) in [5.74, 6) is 0.779. The van der Waals surface area contributed by atoms with Gasteiger partial charge in [-0.3, -0.25) is 0 Å². The minimum atomic E-state index is -0.583. The van der Waals surface area contributed by atoms with Gasteiger partial charge in [-0.05, 0) is 24.1 Å². The lowest BCUT2D eigenvalue weighted by Gasteiger charge is -2.30. The molecule has 0 amide bonds. The van der Waals surface area contributed by atoms with E-state index in [4.69, 9.17) is 9.47 Å². The highest BCUT2D eigenvalue weighted by molar-refractivity contribution is 6.02. The summed E-state index contributed by atoms with van der Waals surface area (Å²) in [5.41, 5.74) is 3.79. The molecule has 1 aliphatic rings. The molecule has 7 heteroatoms. The number of benzene rings is 3. The Morgan fingerprint density at radius 2 is 1.68 bits per heavy atom. The van der Waals surface area contributed by atoms with Crippen LogP contribution in [-0.2, 0) is 16.1 Å². The molecule has 3 aromatic carbocycles. The predicted molar refractivity (Wildman–Crippen MR) is 129 cm³/mol. The van der Waals surface area contributed by atoms with Crippen molar-refractivity contribution in [3.63, 3.8) is 0 Å². The first-order chi connectivity index (χ1) is 16.8. The van der Waals surface area contributed by atoms with E-state index in [-0.39, 0.29) is 6.61 Å². The van der Waals surface area contributed by atoms with Gasteiger partial charge in [-0.15, -0.1) is 0 Å². The number of para-hydroxylation sites is 1. The van der Waals surface area contributed by atoms with Crippen molar-refractivity contribution >= 4 is 17.6 Å². The molecule has 170 valence electrons. The van der Waals surface area contributed by atoms with Gasteiger partial charge in [0.05, 0.1) is 17.9 Å². The molecule has 1 atom stereocenters. The Kier molecular flexibility index (Phi) is 6.07. The summed E-state index contributed by atoms with van der Waals surface area (Å²) in [6.45, 7) is 2.45. The first-order valence-electron chi connectivity index (χ1n) is 11.1. The van der Waals surface area contributed by atoms with Crippen LogP contribution in [0.15, 0.2) is 96.8 Å². The number of hydrogen-bond donors (Lipinski definition) is 1. The van der Waals surface area contributed by atoms with E-state index >= 15 is 0 Å². The molecule has 1 unspecified atom stereocenters. The van der Waals surface area contributed by atoms with Crippen LogP contribution in [0.25, 0.3) is 5.70 Å². The highest BCUT2D eigenvalue weighted by atomic mass is 16.5. The first kappa shape index (κ1) is 21.5. The summed E-state index contributed by atoms with van der Waals surface area (Å²) in [5, 5.41) is 7.73. The summed E-state index contributed by atoms with van der Waals surface area (Å²) in [7, 11) is 0. The molecule has 0 radical (unpaired) electrons. The standard InChI is InChI=1S/C27H24N4O3/c1-2-33-26(32)23-24(20-13-7-4-8-14-20)30-27-28-18-29-31(27)25(23)21-15-9-10-16-22(21)34-17-19-11-5-3-6-12-19/h3-16,18,25H,2,17H2,1H3,(H,28,29,30). The Bertz CT molecular complexity index is 1320. The Balaban J connectivity index is 1.64. The summed E-state index contributed by atoms with van der Waals surface area (Å²) in [6.07, 6.45) is 1.47. The van der Waals surface area contributed by atoms with E-state index in [1.807, 2.05) is 84.9 Å². The third kappa shape index (κ3) is 4.15. The molecule has 0 fully saturated rings. The van der Waals surface area contributed by atoms with Crippen molar-refractivity contribution in [2.24, 2.45) is 0 Å². The zero-order valence-electron chi connectivity index (χ0n) is 18.7. The molecule has 0 saturated heterocycles. The van der Waals surface area contributed by atoms with E-state index in [9.17, 15) is 4.79 Å². The number of esters is 1. The highest BCUT2D eigenvalue weighted by Crippen LogP contribution is 2.41. The van der Waals surface area contributed by atoms with Crippen LogP contribution in [0, 0.1) is 0 Å². The van der Waals surface area contributed by atoms with E-state index in [1.54, 1.807) is 11.6 Å². The molecule has 34 heavy (non-hydrogen) atoms. The fourth-order valence-electron chi connectivity index (χ4n) is 4.08. The number of fused-ring (bicyclic) bond motifs is 1. The monoisotopic (exact) mass is 452 g/mol. The zero-order chi connectivity index (χ0) is 23.3. The van der Waals surface area contributed by atoms with Crippen molar-refractivity contribution in [2.75, 3.05) is 11.9 Å². The Hall–Kier alpha value is -4.39. The highest BCUT2D eigenvalue weighted by Gasteiger charge is 2.37. The van der Waals surface area contributed by atoms with Crippen LogP contribution >= 0.6 is 0 Å². The smallest absolute Gasteiger partial charge is 0.338 e. The molecule has 4 aromatic rings. The SMILES string of the molecule is CCOC(=O)C1=C(c2ccccc2)Nc2ncnn2C1c1ccccc1OCc1ccccc1. The summed E-state index contributed by atoms with van der Waals surface area (Å²) in [4.78, 5) is 17.8. The molecule has 0 spiro atoms. The van der Waals surface area contributed by atoms with Crippen LogP contribution in [0.2, 0.25) is 0 Å². The van der Waals surface area contributed by atoms with Gasteiger partial charge in [-0.25, -0.2) is 9.48 Å². The Morgan fingerprint density at radius 1 is 0.971 bits per heavy atom. The van der Waals surface area contributed by atoms with Crippen molar-refractivity contribution in [1.82, 2.24) is 14.8 Å². The molecular weight excluding hydrogens is 428 g/mol. The van der Waals surface area contributed by atoms with Gasteiger partial charge in [0.2, 0.25) is 5.95 Å². The Labute approximate surface area is 197 Å². The average Bonchev–Trinajstić information content (AvgIpc) is 3.36. The lowest BCUT2D eigenvalue weighted by atomic mass is 9.92. The topological polar surface area (TPSA) is 78.3 Å². The summed E-state index contributed by atoms with van der Waals surface area (Å²) in [6, 6.07) is 26.8. The van der Waals surface area contributed by atoms with Crippen LogP contribution in [0.4, 0.5) is 5.95 Å². The zero-order valence-corrected chi connectivity index (χ0v) is 18.7. The molecule has 0 bridgehead atoms. The lowest BCUT2D eigenvalue weighted by molar-refractivity contribution is -0.138. The van der Waals surface area contributed by atoms with Crippen molar-refractivity contribution in [3.8, 4) is 5.75 Å². The van der Waals surface area contributed by atoms with E-state index in [0.717, 1.165) is 16.7 Å². The fraction of sp³-hybridized carbons (Fsp3) is 0.148. The van der Waals surface area contributed by atoms with E-state index < -0.39 is 12.0 Å². The van der Waals surface area contributed by atoms with Crippen molar-refractivity contribution in [1.29, 1.82) is 0 Å². The predicted octanol–water partition coefficient (Wildman–Crippen LogP) is 4.85. The molecule has 2 heterocycles. The summed E-state index contributed by atoms with van der Waals surface area (Å²) >= 11 is 0. The number of hydrogen-bond acceptors (Lipinski definition) is 6. The molecule has 1 N–H and O–H groups in total. The van der Waals surface area contributed by atoms with Crippen molar-refractivity contribution < 1.29 is 14.3 Å². The second kappa shape index (κ2) is 9.62. The third-order valence-corrected chi connectivity index (χ3v) is 5.61. The lowest BCUT2D eigenvalue weighted by Crippen LogP contribution is -2.30. The number of carbonyl (C=O) groups is 1. The summed E-state index contributed by atoms with van der Waals surface area (Å²) < 4.78 is 13.4. The van der Waals surface area contributed by atoms with Crippen LogP contribution < -0.4 is 10.1 Å². The van der Waals surface area contributed by atoms with E-state index in [2.05, 4.69) is 15.4 Å². The second-order valence-electron chi connectivity index (χ2n) is 7.74. The molecule has 1 aromatic heterocycles. The number of carbonyl (C=O) groups excluding carboxylic acids is 1. The number of ether oxygens (including phenoxy) is 2. The first-order valence-corrected chi connectivity index (χ1v) is 11.1. The Morgan fingerprint density at radius 3 is 2.44 bits per heavy atom. The maximum Gasteiger partial charge on any atom is 0.338 e. The maximum absolute atomic E-state index is 13.4. The van der Waals surface area contributed by atoms with Gasteiger partial charge in [0.1, 0.15) is 24.7 Å². The normalized spacial score (nSPS) is 14.8. The largest absolute Gasteiger partial charge is 0.489 e. The third-order valence-electron chi connectivity index (χ3n) is 5.61. The van der Waals surface area contributed by atoms with Gasteiger partial charge in [0, 0.05) is 5.56 Å². The number of nitrogens with zero attached hydrogens (tertiary/aromatic N) is 3. The number of anilines is 1. The van der Waals surface area contributed by atoms with Gasteiger partial charge in [-0.1, -0.05) is 78.9 Å². The molecule has 1 aliphatic heterocycles. The van der Waals surface area contributed by atoms with Crippen molar-refractivity contribution in [3.05, 3.63) is 114 Å². The quantitative estimate of drug-likeness (QED) is 0.404. The number of rotatable bonds is 7. The number of aromatic nitrogens is 3. The molecule has 5 rings (SSSR count). The van der Waals surface area contributed by atoms with Crippen LogP contribution in [0.5, 0.6) is 5.75 Å². The maximum atomic E-state index is 13.4.